The molecule has 6 aromatic rings. The van der Waals surface area contributed by atoms with Gasteiger partial charge in [-0.2, -0.15) is 27.8 Å². The molecule has 0 aliphatic carbocycles. The number of rotatable bonds is 9. The van der Waals surface area contributed by atoms with E-state index < -0.39 is 23.8 Å². The first-order chi connectivity index (χ1) is 21.9. The van der Waals surface area contributed by atoms with Crippen molar-refractivity contribution in [3.8, 4) is 0 Å². The van der Waals surface area contributed by atoms with Gasteiger partial charge < -0.3 is 0 Å². The molecular formula is C42H47P3Rh+4. The Hall–Kier alpha value is -2.64. The second-order valence-corrected chi connectivity index (χ2v) is 20.7. The molecule has 0 bridgehead atoms. The fraction of sp³-hybridized carbons (Fsp3) is 0.167. The van der Waals surface area contributed by atoms with E-state index >= 15 is 0 Å². The fourth-order valence-corrected chi connectivity index (χ4v) is 19.7. The van der Waals surface area contributed by atoms with E-state index in [2.05, 4.69) is 186 Å². The van der Waals surface area contributed by atoms with Gasteiger partial charge in [-0.15, -0.1) is 0 Å². The molecule has 0 unspecified atom stereocenters. The number of hydrogen-bond acceptors (Lipinski definition) is 0. The second-order valence-electron chi connectivity index (χ2n) is 11.9. The molecule has 0 saturated carbocycles. The fourth-order valence-electron chi connectivity index (χ4n) is 6.07. The van der Waals surface area contributed by atoms with Crippen LogP contribution in [0.5, 0.6) is 0 Å². The zero-order valence-corrected chi connectivity index (χ0v) is 32.3. The standard InChI is InChI=1S/C32H29P3.C10H15.Rh/c1-6-16-28(17-7-1)33(26-34(29-18-8-2-9-19-29)30-20-10-3-11-21-30)27-35(31-22-12-4-13-23-31)32-24-14-5-15-25-32;1-6-7(2)9(4)10(5)8(6)3;/h1-25H,26-27H2;1-5H3;/q;-1;+2/p+3. The van der Waals surface area contributed by atoms with Crippen molar-refractivity contribution in [2.45, 2.75) is 34.6 Å². The number of hydrogen-bond donors (Lipinski definition) is 0. The van der Waals surface area contributed by atoms with Crippen LogP contribution in [0.25, 0.3) is 0 Å². The van der Waals surface area contributed by atoms with E-state index in [1.54, 1.807) is 5.30 Å². The van der Waals surface area contributed by atoms with Crippen LogP contribution < -0.4 is 26.5 Å². The molecule has 0 heterocycles. The van der Waals surface area contributed by atoms with E-state index in [1.807, 2.05) is 0 Å². The van der Waals surface area contributed by atoms with Crippen molar-refractivity contribution in [2.24, 2.45) is 0 Å². The Balaban J connectivity index is 0.000000375. The summed E-state index contributed by atoms with van der Waals surface area (Å²) in [5, 5.41) is 7.66. The summed E-state index contributed by atoms with van der Waals surface area (Å²) in [6.07, 6.45) is 0. The minimum Gasteiger partial charge on any atom is -0.196 e. The molecule has 0 spiro atoms. The predicted molar refractivity (Wildman–Crippen MR) is 211 cm³/mol. The maximum atomic E-state index is 2.39. The molecule has 0 N–H and O–H groups in total. The van der Waals surface area contributed by atoms with E-state index in [0.29, 0.717) is 0 Å². The van der Waals surface area contributed by atoms with E-state index in [4.69, 9.17) is 0 Å². The zero-order chi connectivity index (χ0) is 31.6. The van der Waals surface area contributed by atoms with Gasteiger partial charge in [0.15, 0.2) is 11.8 Å². The van der Waals surface area contributed by atoms with Gasteiger partial charge >= 0.3 is 19.5 Å². The molecule has 235 valence electrons. The van der Waals surface area contributed by atoms with Gasteiger partial charge in [-0.1, -0.05) is 126 Å². The van der Waals surface area contributed by atoms with Crippen molar-refractivity contribution in [2.75, 3.05) is 11.8 Å². The summed E-state index contributed by atoms with van der Waals surface area (Å²) in [5.41, 5.74) is 7.34. The molecule has 0 atom stereocenters. The third-order valence-electron chi connectivity index (χ3n) is 9.26. The Morgan fingerprint density at radius 3 is 0.848 bits per heavy atom. The predicted octanol–water partition coefficient (Wildman–Crippen LogP) is 9.12. The Bertz CT molecular complexity index is 1490. The summed E-state index contributed by atoms with van der Waals surface area (Å²) in [6.45, 7) is 11.0. The van der Waals surface area contributed by atoms with Gasteiger partial charge in [-0.05, 0) is 60.7 Å². The van der Waals surface area contributed by atoms with Gasteiger partial charge in [0.2, 0.25) is 0 Å². The Morgan fingerprint density at radius 1 is 0.391 bits per heavy atom. The molecule has 4 heteroatoms. The molecule has 1 radical (unpaired) electrons. The summed E-state index contributed by atoms with van der Waals surface area (Å²) in [6, 6.07) is 56.5. The van der Waals surface area contributed by atoms with Gasteiger partial charge in [-0.25, -0.2) is 0 Å². The molecule has 6 rings (SSSR count). The maximum Gasteiger partial charge on any atom is 2.00 e. The minimum atomic E-state index is -0.892. The molecule has 46 heavy (non-hydrogen) atoms. The van der Waals surface area contributed by atoms with Crippen LogP contribution in [-0.2, 0) is 19.5 Å². The molecule has 0 aliphatic heterocycles. The smallest absolute Gasteiger partial charge is 0.196 e. The maximum absolute atomic E-state index is 2.39. The average Bonchev–Trinajstić information content (AvgIpc) is 3.28. The third-order valence-corrected chi connectivity index (χ3v) is 20.8. The molecule has 0 aromatic heterocycles. The molecule has 0 aliphatic rings. The minimum absolute atomic E-state index is 0. The van der Waals surface area contributed by atoms with Crippen molar-refractivity contribution in [3.63, 3.8) is 0 Å². The van der Waals surface area contributed by atoms with Gasteiger partial charge in [0.05, 0.1) is 5.30 Å². The summed E-state index contributed by atoms with van der Waals surface area (Å²) in [7, 11) is -2.60. The average molecular weight is 748 g/mol. The van der Waals surface area contributed by atoms with Crippen molar-refractivity contribution in [1.29, 1.82) is 0 Å². The molecular weight excluding hydrogens is 700 g/mol. The molecule has 6 aromatic carbocycles. The molecule has 0 nitrogen and oxygen atoms in total. The van der Waals surface area contributed by atoms with Crippen molar-refractivity contribution in [1.82, 2.24) is 0 Å². The Labute approximate surface area is 294 Å². The van der Waals surface area contributed by atoms with Crippen LogP contribution in [0.1, 0.15) is 27.8 Å². The quantitative estimate of drug-likeness (QED) is 0.0787. The van der Waals surface area contributed by atoms with E-state index in [0.717, 1.165) is 0 Å². The molecule has 0 saturated heterocycles. The first kappa shape index (κ1) is 36.2. The van der Waals surface area contributed by atoms with Crippen LogP contribution in [0.4, 0.5) is 0 Å². The van der Waals surface area contributed by atoms with Crippen molar-refractivity contribution < 1.29 is 19.5 Å². The largest absolute Gasteiger partial charge is 2.00 e. The van der Waals surface area contributed by atoms with Crippen molar-refractivity contribution in [3.05, 3.63) is 179 Å². The zero-order valence-electron chi connectivity index (χ0n) is 27.7. The summed E-state index contributed by atoms with van der Waals surface area (Å²) >= 11 is 0. The summed E-state index contributed by atoms with van der Waals surface area (Å²) in [4.78, 5) is 0. The van der Waals surface area contributed by atoms with Gasteiger partial charge in [0.25, 0.3) is 0 Å². The van der Waals surface area contributed by atoms with Crippen LogP contribution in [-0.4, -0.2) is 11.8 Å². The Kier molecular flexibility index (Phi) is 14.2. The van der Waals surface area contributed by atoms with E-state index in [-0.39, 0.29) is 19.5 Å². The number of benzene rings is 5. The third kappa shape index (κ3) is 9.25. The first-order valence-corrected chi connectivity index (χ1v) is 21.3. The SMILES string of the molecule is Cc1c(C)c(C)[c-](C)c1C.[Rh+2].c1ccc([PH+](C[PH+](c2ccccc2)c2ccccc2)C[PH+](c2ccccc2)c2ccccc2)cc1. The van der Waals surface area contributed by atoms with E-state index in [1.165, 1.54) is 60.8 Å². The molecule has 0 amide bonds. The monoisotopic (exact) mass is 747 g/mol. The molecule has 0 fully saturated rings. The van der Waals surface area contributed by atoms with Crippen molar-refractivity contribution >= 4 is 50.3 Å². The van der Waals surface area contributed by atoms with E-state index in [9.17, 15) is 0 Å². The summed E-state index contributed by atoms with van der Waals surface area (Å²) in [5.74, 6) is 2.59. The van der Waals surface area contributed by atoms with Crippen LogP contribution >= 0.6 is 23.8 Å². The van der Waals surface area contributed by atoms with Crippen LogP contribution in [0.3, 0.4) is 0 Å². The topological polar surface area (TPSA) is 0 Å². The van der Waals surface area contributed by atoms with Crippen LogP contribution in [0.2, 0.25) is 0 Å². The summed E-state index contributed by atoms with van der Waals surface area (Å²) < 4.78 is 0. The second kappa shape index (κ2) is 18.1. The normalized spacial score (nSPS) is 10.9. The van der Waals surface area contributed by atoms with Gasteiger partial charge in [-0.3, -0.25) is 0 Å². The Morgan fingerprint density at radius 2 is 0.630 bits per heavy atom. The van der Waals surface area contributed by atoms with Crippen LogP contribution in [0.15, 0.2) is 152 Å². The van der Waals surface area contributed by atoms with Gasteiger partial charge in [0.1, 0.15) is 45.0 Å². The van der Waals surface area contributed by atoms with Crippen LogP contribution in [0, 0.1) is 34.6 Å². The first-order valence-electron chi connectivity index (χ1n) is 16.0. The van der Waals surface area contributed by atoms with Gasteiger partial charge in [0, 0.05) is 0 Å².